The first-order valence-corrected chi connectivity index (χ1v) is 6.89. The maximum Gasteiger partial charge on any atom is 0.416 e. The quantitative estimate of drug-likeness (QED) is 0.773. The molecule has 0 saturated carbocycles. The molecule has 0 saturated heterocycles. The van der Waals surface area contributed by atoms with Crippen LogP contribution in [0.3, 0.4) is 0 Å². The van der Waals surface area contributed by atoms with Gasteiger partial charge in [0.1, 0.15) is 6.29 Å². The maximum absolute atomic E-state index is 12.6. The zero-order valence-electron chi connectivity index (χ0n) is 9.59. The van der Waals surface area contributed by atoms with Gasteiger partial charge < -0.3 is 4.79 Å². The van der Waals surface area contributed by atoms with Gasteiger partial charge in [-0.15, -0.1) is 0 Å². The Morgan fingerprint density at radius 2 is 2.05 bits per heavy atom. The number of hydrogen-bond acceptors (Lipinski definition) is 4. The summed E-state index contributed by atoms with van der Waals surface area (Å²) in [5.41, 5.74) is -1.53. The monoisotopic (exact) mass is 293 g/mol. The molecule has 0 bridgehead atoms. The molecule has 0 spiro atoms. The third kappa shape index (κ3) is 4.62. The van der Waals surface area contributed by atoms with Gasteiger partial charge in [-0.1, -0.05) is 0 Å². The number of alkyl halides is 3. The molecule has 1 aromatic heterocycles. The Morgan fingerprint density at radius 1 is 1.42 bits per heavy atom. The molecule has 1 heterocycles. The Labute approximate surface area is 108 Å². The Hall–Kier alpha value is -1.44. The van der Waals surface area contributed by atoms with Crippen molar-refractivity contribution in [2.45, 2.75) is 11.9 Å². The summed E-state index contributed by atoms with van der Waals surface area (Å²) in [6.07, 6.45) is -2.67. The van der Waals surface area contributed by atoms with E-state index < -0.39 is 44.6 Å². The molecule has 0 amide bonds. The highest BCUT2D eigenvalue weighted by Crippen LogP contribution is 2.32. The highest BCUT2D eigenvalue weighted by atomic mass is 32.2. The number of carbonyl (C=O) groups is 1. The molecule has 0 fully saturated rings. The van der Waals surface area contributed by atoms with E-state index in [1.54, 1.807) is 0 Å². The van der Waals surface area contributed by atoms with Crippen LogP contribution in [0.4, 0.5) is 13.2 Å². The van der Waals surface area contributed by atoms with Gasteiger partial charge in [0.15, 0.2) is 9.84 Å². The molecule has 0 aliphatic rings. The fourth-order valence-electron chi connectivity index (χ4n) is 1.45. The van der Waals surface area contributed by atoms with Crippen molar-refractivity contribution in [3.63, 3.8) is 0 Å². The number of aldehydes is 1. The smallest absolute Gasteiger partial charge is 0.303 e. The van der Waals surface area contributed by atoms with E-state index in [4.69, 9.17) is 6.92 Å². The maximum atomic E-state index is 12.6. The lowest BCUT2D eigenvalue weighted by molar-refractivity contribution is -0.138. The largest absolute Gasteiger partial charge is 0.416 e. The van der Waals surface area contributed by atoms with Gasteiger partial charge in [-0.2, -0.15) is 13.2 Å². The van der Waals surface area contributed by atoms with Crippen LogP contribution < -0.4 is 0 Å². The summed E-state index contributed by atoms with van der Waals surface area (Å²) in [7, 11) is -3.92. The number of hydrogen-bond donors (Lipinski definition) is 0. The van der Waals surface area contributed by atoms with Crippen LogP contribution in [0.2, 0.25) is 0 Å². The van der Waals surface area contributed by atoms with E-state index in [-0.39, 0.29) is 6.29 Å². The van der Waals surface area contributed by atoms with Crippen LogP contribution in [0.1, 0.15) is 11.1 Å². The second-order valence-corrected chi connectivity index (χ2v) is 5.99. The molecule has 19 heavy (non-hydrogen) atoms. The molecule has 1 atom stereocenters. The topological polar surface area (TPSA) is 64.1 Å². The average Bonchev–Trinajstić information content (AvgIpc) is 2.26. The molecule has 1 aromatic rings. The van der Waals surface area contributed by atoms with Gasteiger partial charge in [-0.05, 0) is 18.6 Å². The SMILES string of the molecule is [CH][C@H](C=O)CS(=O)(=O)Cc1cnccc1C(F)(F)F. The zero-order valence-corrected chi connectivity index (χ0v) is 10.4. The number of pyridine rings is 1. The molecule has 0 aromatic carbocycles. The van der Waals surface area contributed by atoms with E-state index in [1.165, 1.54) is 0 Å². The molecule has 1 rings (SSSR count). The van der Waals surface area contributed by atoms with Gasteiger partial charge in [0.25, 0.3) is 0 Å². The first-order valence-electron chi connectivity index (χ1n) is 5.07. The summed E-state index contributed by atoms with van der Waals surface area (Å²) in [6.45, 7) is 5.15. The second-order valence-electron chi connectivity index (χ2n) is 3.89. The van der Waals surface area contributed by atoms with Crippen molar-refractivity contribution >= 4 is 16.1 Å². The van der Waals surface area contributed by atoms with Crippen molar-refractivity contribution < 1.29 is 26.4 Å². The minimum Gasteiger partial charge on any atom is -0.303 e. The number of aromatic nitrogens is 1. The van der Waals surface area contributed by atoms with Gasteiger partial charge in [-0.3, -0.25) is 4.98 Å². The van der Waals surface area contributed by atoms with Crippen molar-refractivity contribution in [2.24, 2.45) is 5.92 Å². The molecule has 0 N–H and O–H groups in total. The van der Waals surface area contributed by atoms with E-state index in [2.05, 4.69) is 4.98 Å². The van der Waals surface area contributed by atoms with Crippen molar-refractivity contribution in [1.29, 1.82) is 0 Å². The van der Waals surface area contributed by atoms with Crippen LogP contribution in [0.5, 0.6) is 0 Å². The fourth-order valence-corrected chi connectivity index (χ4v) is 2.93. The summed E-state index contributed by atoms with van der Waals surface area (Å²) in [4.78, 5) is 13.8. The fraction of sp³-hybridized carbons (Fsp3) is 0.364. The summed E-state index contributed by atoms with van der Waals surface area (Å²) in [6, 6.07) is 0.699. The standard InChI is InChI=1S/C11H10F3NO3S/c1-8(5-16)6-19(17,18)7-9-4-15-3-2-10(9)11(12,13)14/h1-5,8H,6-7H2/t8-/m1/s1. The Morgan fingerprint density at radius 3 is 2.58 bits per heavy atom. The minimum atomic E-state index is -4.67. The molecular formula is C11H10F3NO3S. The Bertz CT molecular complexity index is 555. The molecule has 8 heteroatoms. The number of sulfone groups is 1. The van der Waals surface area contributed by atoms with Crippen molar-refractivity contribution in [3.05, 3.63) is 36.5 Å². The van der Waals surface area contributed by atoms with Gasteiger partial charge in [0.2, 0.25) is 0 Å². The predicted octanol–water partition coefficient (Wildman–Crippen LogP) is 1.54. The summed E-state index contributed by atoms with van der Waals surface area (Å²) in [5.74, 6) is -2.82. The molecule has 0 aliphatic heterocycles. The van der Waals surface area contributed by atoms with Crippen LogP contribution in [0, 0.1) is 12.8 Å². The van der Waals surface area contributed by atoms with Gasteiger partial charge in [-0.25, -0.2) is 8.42 Å². The van der Waals surface area contributed by atoms with Gasteiger partial charge >= 0.3 is 6.18 Å². The highest BCUT2D eigenvalue weighted by molar-refractivity contribution is 7.90. The summed E-state index contributed by atoms with van der Waals surface area (Å²) < 4.78 is 61.2. The third-order valence-corrected chi connectivity index (χ3v) is 3.85. The molecule has 4 nitrogen and oxygen atoms in total. The van der Waals surface area contributed by atoms with Gasteiger partial charge in [0, 0.05) is 18.3 Å². The van der Waals surface area contributed by atoms with E-state index in [1.807, 2.05) is 0 Å². The van der Waals surface area contributed by atoms with Crippen LogP contribution in [0.25, 0.3) is 0 Å². The van der Waals surface area contributed by atoms with E-state index in [0.717, 1.165) is 12.4 Å². The highest BCUT2D eigenvalue weighted by Gasteiger charge is 2.34. The van der Waals surface area contributed by atoms with Crippen LogP contribution in [-0.2, 0) is 26.6 Å². The zero-order chi connectivity index (χ0) is 14.7. The van der Waals surface area contributed by atoms with Crippen LogP contribution in [-0.4, -0.2) is 25.4 Å². The molecule has 0 aliphatic carbocycles. The Kier molecular flexibility index (Phi) is 4.67. The third-order valence-electron chi connectivity index (χ3n) is 2.21. The molecular weight excluding hydrogens is 283 g/mol. The summed E-state index contributed by atoms with van der Waals surface area (Å²) >= 11 is 0. The predicted molar refractivity (Wildman–Crippen MR) is 60.6 cm³/mol. The number of nitrogens with zero attached hydrogens (tertiary/aromatic N) is 1. The molecule has 104 valence electrons. The second kappa shape index (κ2) is 5.68. The summed E-state index contributed by atoms with van der Waals surface area (Å²) in [5, 5.41) is 0. The average molecular weight is 293 g/mol. The van der Waals surface area contributed by atoms with Crippen LogP contribution >= 0.6 is 0 Å². The normalized spacial score (nSPS) is 14.1. The van der Waals surface area contributed by atoms with Crippen molar-refractivity contribution in [1.82, 2.24) is 4.98 Å². The molecule has 2 radical (unpaired) electrons. The van der Waals surface area contributed by atoms with Crippen LogP contribution in [0.15, 0.2) is 18.5 Å². The number of carbonyl (C=O) groups excluding carboxylic acids is 1. The van der Waals surface area contributed by atoms with E-state index >= 15 is 0 Å². The van der Waals surface area contributed by atoms with Gasteiger partial charge in [0.05, 0.1) is 17.1 Å². The minimum absolute atomic E-state index is 0.228. The Balaban J connectivity index is 3.04. The lowest BCUT2D eigenvalue weighted by Gasteiger charge is -2.12. The van der Waals surface area contributed by atoms with E-state index in [0.29, 0.717) is 6.07 Å². The number of rotatable bonds is 5. The van der Waals surface area contributed by atoms with Crippen molar-refractivity contribution in [3.8, 4) is 0 Å². The first kappa shape index (κ1) is 15.6. The first-order chi connectivity index (χ1) is 8.65. The van der Waals surface area contributed by atoms with E-state index in [9.17, 15) is 26.4 Å². The molecule has 0 unspecified atom stereocenters. The van der Waals surface area contributed by atoms with Crippen molar-refractivity contribution in [2.75, 3.05) is 5.75 Å². The number of halogens is 3. The lowest BCUT2D eigenvalue weighted by Crippen LogP contribution is -2.19. The lowest BCUT2D eigenvalue weighted by atomic mass is 10.1.